The zero-order valence-electron chi connectivity index (χ0n) is 11.8. The van der Waals surface area contributed by atoms with Crippen molar-refractivity contribution in [3.63, 3.8) is 0 Å². The molecule has 0 bridgehead atoms. The zero-order valence-corrected chi connectivity index (χ0v) is 15.0. The summed E-state index contributed by atoms with van der Waals surface area (Å²) in [6.45, 7) is 0.806. The number of H-pyrrole nitrogens is 1. The second-order valence-corrected chi connectivity index (χ2v) is 9.74. The van der Waals surface area contributed by atoms with E-state index < -0.39 is 10.0 Å². The van der Waals surface area contributed by atoms with Crippen LogP contribution in [0.5, 0.6) is 0 Å². The lowest BCUT2D eigenvalue weighted by Gasteiger charge is -2.25. The molecule has 0 radical (unpaired) electrons. The van der Waals surface area contributed by atoms with Crippen molar-refractivity contribution in [1.29, 1.82) is 0 Å². The Hall–Kier alpha value is -1.05. The first kappa shape index (κ1) is 15.5. The average Bonchev–Trinajstić information content (AvgIpc) is 3.09. The molecule has 2 aromatic heterocycles. The van der Waals surface area contributed by atoms with Crippen molar-refractivity contribution >= 4 is 55.5 Å². The van der Waals surface area contributed by atoms with Crippen LogP contribution in [0.4, 0.5) is 0 Å². The van der Waals surface area contributed by atoms with Crippen LogP contribution < -0.4 is 0 Å². The first-order chi connectivity index (χ1) is 10.9. The van der Waals surface area contributed by atoms with Gasteiger partial charge in [0.1, 0.15) is 4.21 Å². The molecular weight excluding hydrogens is 375 g/mol. The largest absolute Gasteiger partial charge is 0.358 e. The topological polar surface area (TPSA) is 53.2 Å². The predicted molar refractivity (Wildman–Crippen MR) is 93.9 cm³/mol. The summed E-state index contributed by atoms with van der Waals surface area (Å²) in [6.07, 6.45) is 0.653. The highest BCUT2D eigenvalue weighted by Crippen LogP contribution is 2.34. The number of aromatic nitrogens is 1. The second kappa shape index (κ2) is 5.50. The molecule has 23 heavy (non-hydrogen) atoms. The Morgan fingerprint density at radius 2 is 2.00 bits per heavy atom. The van der Waals surface area contributed by atoms with Crippen molar-refractivity contribution in [3.05, 3.63) is 50.9 Å². The van der Waals surface area contributed by atoms with Crippen molar-refractivity contribution < 1.29 is 8.42 Å². The van der Waals surface area contributed by atoms with Crippen molar-refractivity contribution in [2.75, 3.05) is 6.54 Å². The number of hydrogen-bond donors (Lipinski definition) is 1. The van der Waals surface area contributed by atoms with Crippen LogP contribution in [-0.2, 0) is 23.0 Å². The standard InChI is InChI=1S/C15H12Cl2N2O2S2/c16-9-1-2-10-11-8-19(6-5-12(11)18-13(10)7-9)23(20,21)15-4-3-14(17)22-15/h1-4,7,18H,5-6,8H2. The van der Waals surface area contributed by atoms with Gasteiger partial charge in [-0.1, -0.05) is 29.3 Å². The van der Waals surface area contributed by atoms with E-state index in [0.29, 0.717) is 28.9 Å². The van der Waals surface area contributed by atoms with E-state index in [1.54, 1.807) is 12.1 Å². The molecule has 3 heterocycles. The maximum atomic E-state index is 12.8. The first-order valence-electron chi connectivity index (χ1n) is 6.99. The Labute approximate surface area is 147 Å². The Morgan fingerprint density at radius 3 is 2.74 bits per heavy atom. The van der Waals surface area contributed by atoms with E-state index in [0.717, 1.165) is 33.5 Å². The van der Waals surface area contributed by atoms with Gasteiger partial charge in [0.15, 0.2) is 0 Å². The van der Waals surface area contributed by atoms with E-state index in [9.17, 15) is 8.42 Å². The minimum atomic E-state index is -3.51. The van der Waals surface area contributed by atoms with Crippen molar-refractivity contribution in [2.45, 2.75) is 17.2 Å². The lowest BCUT2D eigenvalue weighted by atomic mass is 10.1. The molecule has 0 saturated heterocycles. The number of fused-ring (bicyclic) bond motifs is 3. The van der Waals surface area contributed by atoms with E-state index >= 15 is 0 Å². The van der Waals surface area contributed by atoms with Crippen LogP contribution in [0, 0.1) is 0 Å². The molecule has 1 aromatic carbocycles. The average molecular weight is 387 g/mol. The van der Waals surface area contributed by atoms with Gasteiger partial charge in [0.05, 0.1) is 4.34 Å². The Bertz CT molecular complexity index is 1010. The summed E-state index contributed by atoms with van der Waals surface area (Å²) >= 11 is 13.0. The summed E-state index contributed by atoms with van der Waals surface area (Å²) in [6, 6.07) is 8.80. The summed E-state index contributed by atoms with van der Waals surface area (Å²) in [7, 11) is -3.51. The number of rotatable bonds is 2. The third-order valence-corrected chi connectivity index (χ3v) is 7.82. The quantitative estimate of drug-likeness (QED) is 0.714. The van der Waals surface area contributed by atoms with Gasteiger partial charge in [0, 0.05) is 41.1 Å². The smallest absolute Gasteiger partial charge is 0.252 e. The van der Waals surface area contributed by atoms with Crippen LogP contribution in [0.25, 0.3) is 10.9 Å². The molecular formula is C15H12Cl2N2O2S2. The summed E-state index contributed by atoms with van der Waals surface area (Å²) in [4.78, 5) is 3.35. The molecule has 0 saturated carbocycles. The third kappa shape index (κ3) is 2.58. The van der Waals surface area contributed by atoms with Gasteiger partial charge in [-0.15, -0.1) is 11.3 Å². The number of sulfonamides is 1. The van der Waals surface area contributed by atoms with Crippen LogP contribution in [-0.4, -0.2) is 24.3 Å². The van der Waals surface area contributed by atoms with E-state index in [1.165, 1.54) is 4.31 Å². The van der Waals surface area contributed by atoms with Crippen LogP contribution in [0.1, 0.15) is 11.3 Å². The van der Waals surface area contributed by atoms with Crippen molar-refractivity contribution in [2.24, 2.45) is 0 Å². The van der Waals surface area contributed by atoms with Crippen LogP contribution in [0.15, 0.2) is 34.5 Å². The molecule has 4 nitrogen and oxygen atoms in total. The van der Waals surface area contributed by atoms with Crippen LogP contribution in [0.3, 0.4) is 0 Å². The molecule has 0 aliphatic carbocycles. The lowest BCUT2D eigenvalue weighted by Crippen LogP contribution is -2.35. The Kier molecular flexibility index (Phi) is 3.70. The molecule has 0 spiro atoms. The van der Waals surface area contributed by atoms with Gasteiger partial charge in [-0.2, -0.15) is 4.31 Å². The summed E-state index contributed by atoms with van der Waals surface area (Å²) < 4.78 is 27.8. The van der Waals surface area contributed by atoms with Crippen LogP contribution in [0.2, 0.25) is 9.36 Å². The van der Waals surface area contributed by atoms with Gasteiger partial charge in [-0.25, -0.2) is 8.42 Å². The fraction of sp³-hybridized carbons (Fsp3) is 0.200. The third-order valence-electron chi connectivity index (χ3n) is 4.04. The highest BCUT2D eigenvalue weighted by atomic mass is 35.5. The molecule has 0 atom stereocenters. The number of halogens is 2. The summed E-state index contributed by atoms with van der Waals surface area (Å²) in [5.74, 6) is 0. The Balaban J connectivity index is 1.75. The SMILES string of the molecule is O=S(=O)(c1ccc(Cl)s1)N1CCc2[nH]c3cc(Cl)ccc3c2C1. The van der Waals surface area contributed by atoms with E-state index in [2.05, 4.69) is 4.98 Å². The highest BCUT2D eigenvalue weighted by Gasteiger charge is 2.31. The number of nitrogens with one attached hydrogen (secondary N) is 1. The molecule has 120 valence electrons. The number of benzene rings is 1. The van der Waals surface area contributed by atoms with Gasteiger partial charge in [0.2, 0.25) is 0 Å². The molecule has 8 heteroatoms. The highest BCUT2D eigenvalue weighted by molar-refractivity contribution is 7.91. The fourth-order valence-corrected chi connectivity index (χ4v) is 6.16. The summed E-state index contributed by atoms with van der Waals surface area (Å²) in [5.41, 5.74) is 3.05. The van der Waals surface area contributed by atoms with E-state index in [4.69, 9.17) is 23.2 Å². The van der Waals surface area contributed by atoms with Gasteiger partial charge in [0.25, 0.3) is 10.0 Å². The first-order valence-corrected chi connectivity index (χ1v) is 10.0. The summed E-state index contributed by atoms with van der Waals surface area (Å²) in [5, 5.41) is 1.68. The van der Waals surface area contributed by atoms with Gasteiger partial charge in [-0.05, 0) is 29.8 Å². The molecule has 0 fully saturated rings. The number of nitrogens with zero attached hydrogens (tertiary/aromatic N) is 1. The maximum absolute atomic E-state index is 12.8. The lowest BCUT2D eigenvalue weighted by molar-refractivity contribution is 0.392. The number of aromatic amines is 1. The molecule has 0 unspecified atom stereocenters. The van der Waals surface area contributed by atoms with Gasteiger partial charge in [-0.3, -0.25) is 0 Å². The normalized spacial score (nSPS) is 15.9. The molecule has 1 aliphatic rings. The molecule has 1 N–H and O–H groups in total. The van der Waals surface area contributed by atoms with Gasteiger partial charge < -0.3 is 4.98 Å². The molecule has 1 aliphatic heterocycles. The molecule has 3 aromatic rings. The minimum Gasteiger partial charge on any atom is -0.358 e. The Morgan fingerprint density at radius 1 is 1.17 bits per heavy atom. The molecule has 0 amide bonds. The second-order valence-electron chi connectivity index (χ2n) is 5.42. The fourth-order valence-electron chi connectivity index (χ4n) is 2.94. The van der Waals surface area contributed by atoms with Crippen LogP contribution >= 0.6 is 34.5 Å². The van der Waals surface area contributed by atoms with E-state index in [-0.39, 0.29) is 4.21 Å². The van der Waals surface area contributed by atoms with Gasteiger partial charge >= 0.3 is 0 Å². The molecule has 4 rings (SSSR count). The number of hydrogen-bond acceptors (Lipinski definition) is 3. The number of thiophene rings is 1. The monoisotopic (exact) mass is 386 g/mol. The minimum absolute atomic E-state index is 0.286. The predicted octanol–water partition coefficient (Wildman–Crippen LogP) is 4.28. The zero-order chi connectivity index (χ0) is 16.2. The van der Waals surface area contributed by atoms with E-state index in [1.807, 2.05) is 18.2 Å². The van der Waals surface area contributed by atoms with Crippen molar-refractivity contribution in [1.82, 2.24) is 9.29 Å². The maximum Gasteiger partial charge on any atom is 0.252 e. The van der Waals surface area contributed by atoms with Crippen molar-refractivity contribution in [3.8, 4) is 0 Å².